The third-order valence-corrected chi connectivity index (χ3v) is 3.98. The Labute approximate surface area is 137 Å². The van der Waals surface area contributed by atoms with Crippen molar-refractivity contribution in [3.05, 3.63) is 29.8 Å². The maximum absolute atomic E-state index is 12.2. The van der Waals surface area contributed by atoms with E-state index in [0.717, 1.165) is 32.7 Å². The lowest BCUT2D eigenvalue weighted by atomic mass is 10.2. The fourth-order valence-corrected chi connectivity index (χ4v) is 2.64. The van der Waals surface area contributed by atoms with E-state index in [4.69, 9.17) is 4.74 Å². The third-order valence-electron chi connectivity index (χ3n) is 3.98. The molecule has 0 bridgehead atoms. The molecule has 0 aliphatic carbocycles. The molecule has 0 aromatic heterocycles. The predicted octanol–water partition coefficient (Wildman–Crippen LogP) is 1.44. The highest BCUT2D eigenvalue weighted by Crippen LogP contribution is 2.16. The van der Waals surface area contributed by atoms with Crippen LogP contribution >= 0.6 is 0 Å². The Balaban J connectivity index is 1.92. The van der Waals surface area contributed by atoms with Crippen LogP contribution in [0.15, 0.2) is 24.3 Å². The average molecular weight is 319 g/mol. The van der Waals surface area contributed by atoms with E-state index < -0.39 is 5.97 Å². The molecule has 1 aromatic rings. The quantitative estimate of drug-likeness (QED) is 0.804. The summed E-state index contributed by atoms with van der Waals surface area (Å²) in [6, 6.07) is 6.93. The number of ether oxygens (including phenoxy) is 1. The number of benzene rings is 1. The molecule has 1 aliphatic rings. The van der Waals surface area contributed by atoms with Gasteiger partial charge < -0.3 is 15.0 Å². The summed E-state index contributed by atoms with van der Waals surface area (Å²) in [7, 11) is 0. The van der Waals surface area contributed by atoms with Gasteiger partial charge >= 0.3 is 5.97 Å². The summed E-state index contributed by atoms with van der Waals surface area (Å²) >= 11 is 0. The molecule has 1 aromatic carbocycles. The van der Waals surface area contributed by atoms with Crippen molar-refractivity contribution in [1.82, 2.24) is 9.80 Å². The van der Waals surface area contributed by atoms with Crippen LogP contribution < -0.4 is 5.32 Å². The van der Waals surface area contributed by atoms with E-state index in [1.165, 1.54) is 0 Å². The molecular weight excluding hydrogens is 294 g/mol. The standard InChI is InChI=1S/C17H25N3O3/c1-3-19-9-11-20(12-10-19)13-16(21)18-15-8-6-5-7-14(15)17(22)23-4-2/h5-8H,3-4,9-13H2,1-2H3,(H,18,21). The van der Waals surface area contributed by atoms with Gasteiger partial charge in [-0.1, -0.05) is 19.1 Å². The smallest absolute Gasteiger partial charge is 0.340 e. The zero-order valence-electron chi connectivity index (χ0n) is 13.9. The summed E-state index contributed by atoms with van der Waals surface area (Å²) in [4.78, 5) is 28.7. The number of likely N-dealkylation sites (N-methyl/N-ethyl adjacent to an activating group) is 1. The number of nitrogens with one attached hydrogen (secondary N) is 1. The van der Waals surface area contributed by atoms with Crippen LogP contribution in [0, 0.1) is 0 Å². The van der Waals surface area contributed by atoms with E-state index in [9.17, 15) is 9.59 Å². The van der Waals surface area contributed by atoms with Gasteiger partial charge in [-0.15, -0.1) is 0 Å². The van der Waals surface area contributed by atoms with Crippen LogP contribution in [0.4, 0.5) is 5.69 Å². The van der Waals surface area contributed by atoms with Crippen molar-refractivity contribution in [2.45, 2.75) is 13.8 Å². The number of para-hydroxylation sites is 1. The molecule has 1 heterocycles. The highest BCUT2D eigenvalue weighted by atomic mass is 16.5. The lowest BCUT2D eigenvalue weighted by Crippen LogP contribution is -2.48. The highest BCUT2D eigenvalue weighted by molar-refractivity contribution is 6.01. The summed E-state index contributed by atoms with van der Waals surface area (Å²) in [5.41, 5.74) is 0.890. The summed E-state index contributed by atoms with van der Waals surface area (Å²) in [6.45, 7) is 9.36. The Morgan fingerprint density at radius 1 is 1.09 bits per heavy atom. The lowest BCUT2D eigenvalue weighted by molar-refractivity contribution is -0.117. The molecule has 0 saturated carbocycles. The molecule has 1 amide bonds. The van der Waals surface area contributed by atoms with Crippen molar-refractivity contribution >= 4 is 17.6 Å². The fraction of sp³-hybridized carbons (Fsp3) is 0.529. The van der Waals surface area contributed by atoms with Crippen molar-refractivity contribution in [3.8, 4) is 0 Å². The number of amides is 1. The van der Waals surface area contributed by atoms with Gasteiger partial charge in [0.05, 0.1) is 24.4 Å². The van der Waals surface area contributed by atoms with Gasteiger partial charge in [-0.3, -0.25) is 9.69 Å². The van der Waals surface area contributed by atoms with Crippen molar-refractivity contribution in [1.29, 1.82) is 0 Å². The van der Waals surface area contributed by atoms with E-state index in [1.54, 1.807) is 31.2 Å². The first kappa shape index (κ1) is 17.4. The van der Waals surface area contributed by atoms with Gasteiger partial charge in [0.1, 0.15) is 0 Å². The molecule has 0 spiro atoms. The SMILES string of the molecule is CCOC(=O)c1ccccc1NC(=O)CN1CCN(CC)CC1. The Morgan fingerprint density at radius 3 is 2.39 bits per heavy atom. The van der Waals surface area contributed by atoms with Crippen molar-refractivity contribution in [2.75, 3.05) is 51.2 Å². The number of anilines is 1. The van der Waals surface area contributed by atoms with Crippen molar-refractivity contribution < 1.29 is 14.3 Å². The van der Waals surface area contributed by atoms with Crippen LogP contribution in [0.1, 0.15) is 24.2 Å². The van der Waals surface area contributed by atoms with Gasteiger partial charge in [-0.05, 0) is 25.6 Å². The lowest BCUT2D eigenvalue weighted by Gasteiger charge is -2.33. The molecule has 0 radical (unpaired) electrons. The zero-order chi connectivity index (χ0) is 16.7. The van der Waals surface area contributed by atoms with Crippen LogP contribution in [-0.2, 0) is 9.53 Å². The molecule has 1 aliphatic heterocycles. The highest BCUT2D eigenvalue weighted by Gasteiger charge is 2.19. The van der Waals surface area contributed by atoms with E-state index in [0.29, 0.717) is 24.4 Å². The maximum atomic E-state index is 12.2. The van der Waals surface area contributed by atoms with Crippen molar-refractivity contribution in [3.63, 3.8) is 0 Å². The van der Waals surface area contributed by atoms with E-state index >= 15 is 0 Å². The molecule has 2 rings (SSSR count). The Bertz CT molecular complexity index is 540. The third kappa shape index (κ3) is 5.04. The number of nitrogens with zero attached hydrogens (tertiary/aromatic N) is 2. The zero-order valence-corrected chi connectivity index (χ0v) is 13.9. The van der Waals surface area contributed by atoms with E-state index in [2.05, 4.69) is 22.0 Å². The van der Waals surface area contributed by atoms with Gasteiger partial charge in [0.2, 0.25) is 5.91 Å². The first-order valence-electron chi connectivity index (χ1n) is 8.14. The maximum Gasteiger partial charge on any atom is 0.340 e. The fourth-order valence-electron chi connectivity index (χ4n) is 2.64. The average Bonchev–Trinajstić information content (AvgIpc) is 2.56. The molecule has 1 fully saturated rings. The molecule has 23 heavy (non-hydrogen) atoms. The van der Waals surface area contributed by atoms with Gasteiger partial charge in [0.25, 0.3) is 0 Å². The number of rotatable bonds is 6. The molecule has 0 atom stereocenters. The second-order valence-corrected chi connectivity index (χ2v) is 5.52. The summed E-state index contributed by atoms with van der Waals surface area (Å²) in [5, 5.41) is 2.83. The van der Waals surface area contributed by atoms with Crippen LogP contribution in [-0.4, -0.2) is 67.6 Å². The first-order valence-corrected chi connectivity index (χ1v) is 8.14. The Kier molecular flexibility index (Phi) is 6.55. The van der Waals surface area contributed by atoms with Gasteiger partial charge in [0.15, 0.2) is 0 Å². The number of hydrogen-bond donors (Lipinski definition) is 1. The molecule has 6 heteroatoms. The van der Waals surface area contributed by atoms with Crippen LogP contribution in [0.2, 0.25) is 0 Å². The first-order chi connectivity index (χ1) is 11.1. The molecule has 126 valence electrons. The monoisotopic (exact) mass is 319 g/mol. The molecule has 1 N–H and O–H groups in total. The summed E-state index contributed by atoms with van der Waals surface area (Å²) < 4.78 is 5.02. The largest absolute Gasteiger partial charge is 0.462 e. The van der Waals surface area contributed by atoms with Crippen LogP contribution in [0.3, 0.4) is 0 Å². The Hall–Kier alpha value is -1.92. The summed E-state index contributed by atoms with van der Waals surface area (Å²) in [5.74, 6) is -0.522. The minimum Gasteiger partial charge on any atom is -0.462 e. The number of carbonyl (C=O) groups is 2. The number of piperazine rings is 1. The number of carbonyl (C=O) groups excluding carboxylic acids is 2. The Morgan fingerprint density at radius 2 is 1.74 bits per heavy atom. The molecule has 0 unspecified atom stereocenters. The second kappa shape index (κ2) is 8.64. The van der Waals surface area contributed by atoms with Crippen LogP contribution in [0.5, 0.6) is 0 Å². The summed E-state index contributed by atoms with van der Waals surface area (Å²) in [6.07, 6.45) is 0. The van der Waals surface area contributed by atoms with Gasteiger partial charge in [-0.25, -0.2) is 4.79 Å². The van der Waals surface area contributed by atoms with Crippen LogP contribution in [0.25, 0.3) is 0 Å². The minimum absolute atomic E-state index is 0.105. The minimum atomic E-state index is -0.417. The second-order valence-electron chi connectivity index (χ2n) is 5.52. The van der Waals surface area contributed by atoms with Gasteiger partial charge in [-0.2, -0.15) is 0 Å². The normalized spacial score (nSPS) is 16.1. The van der Waals surface area contributed by atoms with Crippen molar-refractivity contribution in [2.24, 2.45) is 0 Å². The van der Waals surface area contributed by atoms with E-state index in [-0.39, 0.29) is 5.91 Å². The molecule has 1 saturated heterocycles. The number of hydrogen-bond acceptors (Lipinski definition) is 5. The number of esters is 1. The topological polar surface area (TPSA) is 61.9 Å². The predicted molar refractivity (Wildman–Crippen MR) is 89.6 cm³/mol. The molecule has 6 nitrogen and oxygen atoms in total. The van der Waals surface area contributed by atoms with E-state index in [1.807, 2.05) is 0 Å². The molecular formula is C17H25N3O3. The van der Waals surface area contributed by atoms with Gasteiger partial charge in [0, 0.05) is 26.2 Å².